The van der Waals surface area contributed by atoms with Crippen LogP contribution in [0.2, 0.25) is 0 Å². The molecule has 8 nitrogen and oxygen atoms in total. The molecule has 0 fully saturated rings. The van der Waals surface area contributed by atoms with Gasteiger partial charge in [0.15, 0.2) is 12.1 Å². The van der Waals surface area contributed by atoms with Crippen molar-refractivity contribution in [2.45, 2.75) is 264 Å². The van der Waals surface area contributed by atoms with Gasteiger partial charge in [0, 0.05) is 19.3 Å². The number of likely N-dealkylation sites (N-methyl/N-ethyl adjacent to an activating group) is 1. The van der Waals surface area contributed by atoms with Gasteiger partial charge in [-0.2, -0.15) is 0 Å². The van der Waals surface area contributed by atoms with Crippen molar-refractivity contribution < 1.29 is 38.2 Å². The van der Waals surface area contributed by atoms with Crippen molar-refractivity contribution in [3.05, 3.63) is 36.5 Å². The van der Waals surface area contributed by atoms with Gasteiger partial charge in [0.25, 0.3) is 0 Å². The molecule has 0 aliphatic rings. The fraction of sp³-hybridized carbons (Fsp3) is 0.839. The highest BCUT2D eigenvalue weighted by Gasteiger charge is 2.31. The van der Waals surface area contributed by atoms with Gasteiger partial charge in [0.05, 0.1) is 34.4 Å². The molecule has 0 aromatic rings. The van der Waals surface area contributed by atoms with Gasteiger partial charge >= 0.3 is 17.9 Å². The molecule has 0 heterocycles. The van der Waals surface area contributed by atoms with Gasteiger partial charge < -0.3 is 23.8 Å². The largest absolute Gasteiger partial charge is 0.477 e. The predicted octanol–water partition coefficient (Wildman–Crippen LogP) is 15.8. The van der Waals surface area contributed by atoms with E-state index in [4.69, 9.17) is 14.2 Å². The molecule has 0 aliphatic carbocycles. The highest BCUT2D eigenvalue weighted by Crippen LogP contribution is 2.17. The third kappa shape index (κ3) is 44.7. The number of rotatable bonds is 49. The molecular formula is C56H104NO7+. The summed E-state index contributed by atoms with van der Waals surface area (Å²) < 4.78 is 17.4. The van der Waals surface area contributed by atoms with Crippen LogP contribution in [0.1, 0.15) is 251 Å². The van der Waals surface area contributed by atoms with E-state index in [0.29, 0.717) is 19.3 Å². The number of hydrogen-bond donors (Lipinski definition) is 1. The number of hydrogen-bond acceptors (Lipinski definition) is 6. The maximum atomic E-state index is 12.8. The van der Waals surface area contributed by atoms with Crippen molar-refractivity contribution in [2.75, 3.05) is 41.0 Å². The van der Waals surface area contributed by atoms with Gasteiger partial charge in [0.1, 0.15) is 6.61 Å². The molecule has 2 unspecified atom stereocenters. The molecule has 0 bridgehead atoms. The molecule has 2 atom stereocenters. The highest BCUT2D eigenvalue weighted by molar-refractivity contribution is 5.72. The maximum Gasteiger partial charge on any atom is 0.362 e. The Hall–Kier alpha value is -2.45. The Kier molecular flexibility index (Phi) is 45.3. The number of esters is 2. The zero-order valence-corrected chi connectivity index (χ0v) is 42.7. The van der Waals surface area contributed by atoms with Crippen LogP contribution < -0.4 is 0 Å². The molecule has 0 spiro atoms. The van der Waals surface area contributed by atoms with E-state index < -0.39 is 18.1 Å². The van der Waals surface area contributed by atoms with Gasteiger partial charge in [-0.3, -0.25) is 9.59 Å². The number of quaternary nitrogens is 1. The minimum Gasteiger partial charge on any atom is -0.477 e. The number of unbranched alkanes of at least 4 members (excludes halogenated alkanes) is 29. The van der Waals surface area contributed by atoms with Crippen molar-refractivity contribution in [1.29, 1.82) is 0 Å². The first-order chi connectivity index (χ1) is 31.1. The van der Waals surface area contributed by atoms with E-state index in [2.05, 4.69) is 50.3 Å². The Morgan fingerprint density at radius 3 is 1.25 bits per heavy atom. The lowest BCUT2D eigenvalue weighted by Crippen LogP contribution is -2.50. The second kappa shape index (κ2) is 47.1. The minimum absolute atomic E-state index is 0.0528. The lowest BCUT2D eigenvalue weighted by molar-refractivity contribution is -0.887. The Balaban J connectivity index is 4.21. The van der Waals surface area contributed by atoms with Gasteiger partial charge in [-0.25, -0.2) is 4.79 Å². The summed E-state index contributed by atoms with van der Waals surface area (Å²) in [5.74, 6) is -1.47. The second-order valence-electron chi connectivity index (χ2n) is 19.5. The molecule has 0 saturated carbocycles. The van der Waals surface area contributed by atoms with Crippen LogP contribution in [0.15, 0.2) is 36.5 Å². The smallest absolute Gasteiger partial charge is 0.362 e. The first-order valence-electron chi connectivity index (χ1n) is 27.0. The number of aliphatic carboxylic acids is 1. The number of allylic oxidation sites excluding steroid dienone is 6. The number of carboxylic acid groups (broad SMARTS) is 1. The maximum absolute atomic E-state index is 12.8. The van der Waals surface area contributed by atoms with E-state index >= 15 is 0 Å². The standard InChI is InChI=1S/C56H103NO7/c1-6-8-10-12-14-16-18-20-22-24-26-27-29-30-32-34-36-38-40-42-44-46-54(58)63-51-52(50-62-49-48-53(56(60)61)57(3,4)5)64-55(59)47-45-43-41-39-37-35-33-31-28-25-23-21-19-17-15-13-11-9-7-2/h15,17,21,23,28,31,52-53H,6-14,16,18-20,22,24-27,29-30,32-51H2,1-5H3/p+1/b17-15-,23-21-,31-28-. The SMILES string of the molecule is CCCCC/C=C\C/C=C\C/C=C\CCCCCCCCC(=O)OC(COCCC(C(=O)O)[N+](C)(C)C)COC(=O)CCCCCCCCCCCCCCCCCCCCCCC. The normalized spacial score (nSPS) is 13.1. The molecular weight excluding hydrogens is 799 g/mol. The van der Waals surface area contributed by atoms with E-state index in [1.165, 1.54) is 154 Å². The van der Waals surface area contributed by atoms with Crippen LogP contribution in [-0.2, 0) is 28.6 Å². The number of nitrogens with zero attached hydrogens (tertiary/aromatic N) is 1. The molecule has 0 rings (SSSR count). The molecule has 0 amide bonds. The van der Waals surface area contributed by atoms with Crippen LogP contribution in [0.5, 0.6) is 0 Å². The summed E-state index contributed by atoms with van der Waals surface area (Å²) in [6.07, 6.45) is 56.2. The van der Waals surface area contributed by atoms with Crippen LogP contribution >= 0.6 is 0 Å². The van der Waals surface area contributed by atoms with Crippen molar-refractivity contribution in [2.24, 2.45) is 0 Å². The van der Waals surface area contributed by atoms with E-state index in [1.807, 2.05) is 21.1 Å². The monoisotopic (exact) mass is 903 g/mol. The first kappa shape index (κ1) is 61.5. The van der Waals surface area contributed by atoms with Crippen LogP contribution in [0, 0.1) is 0 Å². The molecule has 0 radical (unpaired) electrons. The van der Waals surface area contributed by atoms with Crippen molar-refractivity contribution in [3.8, 4) is 0 Å². The third-order valence-corrected chi connectivity index (χ3v) is 12.3. The molecule has 0 aromatic carbocycles. The number of carboxylic acids is 1. The predicted molar refractivity (Wildman–Crippen MR) is 271 cm³/mol. The molecule has 64 heavy (non-hydrogen) atoms. The van der Waals surface area contributed by atoms with E-state index in [0.717, 1.165) is 64.2 Å². The summed E-state index contributed by atoms with van der Waals surface area (Å²) in [5.41, 5.74) is 0. The number of carbonyl (C=O) groups is 3. The Morgan fingerprint density at radius 2 is 0.828 bits per heavy atom. The van der Waals surface area contributed by atoms with Gasteiger partial charge in [0.2, 0.25) is 0 Å². The average Bonchev–Trinajstić information content (AvgIpc) is 3.26. The van der Waals surface area contributed by atoms with E-state index in [1.54, 1.807) is 0 Å². The third-order valence-electron chi connectivity index (χ3n) is 12.3. The van der Waals surface area contributed by atoms with E-state index in [-0.39, 0.29) is 36.2 Å². The number of ether oxygens (including phenoxy) is 3. The Labute approximate surface area is 395 Å². The zero-order valence-electron chi connectivity index (χ0n) is 42.7. The van der Waals surface area contributed by atoms with Gasteiger partial charge in [-0.15, -0.1) is 0 Å². The Bertz CT molecular complexity index is 1140. The minimum atomic E-state index is -0.875. The topological polar surface area (TPSA) is 99.1 Å². The molecule has 1 N–H and O–H groups in total. The lowest BCUT2D eigenvalue weighted by Gasteiger charge is -2.31. The molecule has 8 heteroatoms. The first-order valence-corrected chi connectivity index (χ1v) is 27.0. The molecule has 374 valence electrons. The van der Waals surface area contributed by atoms with Crippen LogP contribution in [0.3, 0.4) is 0 Å². The molecule has 0 saturated heterocycles. The zero-order chi connectivity index (χ0) is 47.0. The summed E-state index contributed by atoms with van der Waals surface area (Å²) in [6.45, 7) is 4.74. The van der Waals surface area contributed by atoms with Crippen molar-refractivity contribution >= 4 is 17.9 Å². The summed E-state index contributed by atoms with van der Waals surface area (Å²) >= 11 is 0. The highest BCUT2D eigenvalue weighted by atomic mass is 16.6. The lowest BCUT2D eigenvalue weighted by atomic mass is 10.0. The Morgan fingerprint density at radius 1 is 0.469 bits per heavy atom. The van der Waals surface area contributed by atoms with Crippen LogP contribution in [0.4, 0.5) is 0 Å². The second-order valence-corrected chi connectivity index (χ2v) is 19.5. The fourth-order valence-electron chi connectivity index (χ4n) is 8.10. The van der Waals surface area contributed by atoms with Crippen LogP contribution in [0.25, 0.3) is 0 Å². The van der Waals surface area contributed by atoms with Crippen LogP contribution in [-0.4, -0.2) is 80.6 Å². The van der Waals surface area contributed by atoms with Crippen molar-refractivity contribution in [3.63, 3.8) is 0 Å². The summed E-state index contributed by atoms with van der Waals surface area (Å²) in [7, 11) is 5.54. The van der Waals surface area contributed by atoms with Gasteiger partial charge in [-0.1, -0.05) is 217 Å². The molecule has 0 aromatic heterocycles. The number of carbonyl (C=O) groups excluding carboxylic acids is 2. The summed E-state index contributed by atoms with van der Waals surface area (Å²) in [5, 5.41) is 9.66. The summed E-state index contributed by atoms with van der Waals surface area (Å²) in [6, 6.07) is -0.617. The fourth-order valence-corrected chi connectivity index (χ4v) is 8.10. The summed E-state index contributed by atoms with van der Waals surface area (Å²) in [4.78, 5) is 37.2. The molecule has 0 aliphatic heterocycles. The quantitative estimate of drug-likeness (QED) is 0.0281. The average molecular weight is 903 g/mol. The van der Waals surface area contributed by atoms with Gasteiger partial charge in [-0.05, 0) is 51.4 Å². The van der Waals surface area contributed by atoms with E-state index in [9.17, 15) is 19.5 Å². The van der Waals surface area contributed by atoms with Crippen molar-refractivity contribution in [1.82, 2.24) is 0 Å².